The van der Waals surface area contributed by atoms with E-state index in [0.717, 1.165) is 19.4 Å². The average molecular weight is 302 g/mol. The molecule has 1 aromatic rings. The van der Waals surface area contributed by atoms with Gasteiger partial charge in [0.15, 0.2) is 0 Å². The van der Waals surface area contributed by atoms with Gasteiger partial charge < -0.3 is 9.73 Å². The summed E-state index contributed by atoms with van der Waals surface area (Å²) in [6.07, 6.45) is 1.60. The number of furan rings is 1. The molecule has 0 aliphatic rings. The van der Waals surface area contributed by atoms with E-state index < -0.39 is 10.0 Å². The highest BCUT2D eigenvalue weighted by atomic mass is 32.2. The van der Waals surface area contributed by atoms with Crippen molar-refractivity contribution in [3.05, 3.63) is 17.6 Å². The lowest BCUT2D eigenvalue weighted by atomic mass is 10.2. The molecule has 0 aromatic carbocycles. The highest BCUT2D eigenvalue weighted by Gasteiger charge is 2.29. The van der Waals surface area contributed by atoms with E-state index in [9.17, 15) is 8.42 Å². The molecule has 116 valence electrons. The fraction of sp³-hybridized carbons (Fsp3) is 0.714. The van der Waals surface area contributed by atoms with Gasteiger partial charge in [0.1, 0.15) is 16.4 Å². The summed E-state index contributed by atoms with van der Waals surface area (Å²) < 4.78 is 32.3. The molecule has 1 heterocycles. The number of aryl methyl sites for hydroxylation is 1. The topological polar surface area (TPSA) is 62.6 Å². The Balaban J connectivity index is 3.06. The van der Waals surface area contributed by atoms with E-state index in [1.807, 2.05) is 20.8 Å². The lowest BCUT2D eigenvalue weighted by molar-refractivity contribution is 0.349. The molecule has 6 heteroatoms. The predicted octanol–water partition coefficient (Wildman–Crippen LogP) is 2.51. The second-order valence-corrected chi connectivity index (χ2v) is 6.87. The van der Waals surface area contributed by atoms with Gasteiger partial charge in [-0.25, -0.2) is 8.42 Å². The molecule has 0 unspecified atom stereocenters. The van der Waals surface area contributed by atoms with Crippen LogP contribution in [0.3, 0.4) is 0 Å². The van der Waals surface area contributed by atoms with Gasteiger partial charge in [0, 0.05) is 19.2 Å². The van der Waals surface area contributed by atoms with E-state index in [1.54, 1.807) is 20.0 Å². The number of hydrogen-bond acceptors (Lipinski definition) is 4. The Morgan fingerprint density at radius 1 is 1.30 bits per heavy atom. The molecule has 0 saturated heterocycles. The Bertz CT molecular complexity index is 519. The quantitative estimate of drug-likeness (QED) is 0.801. The van der Waals surface area contributed by atoms with Gasteiger partial charge in [-0.05, 0) is 26.3 Å². The van der Waals surface area contributed by atoms with Crippen LogP contribution in [0.1, 0.15) is 45.1 Å². The molecule has 0 saturated carbocycles. The standard InChI is InChI=1S/C14H26N2O3S/c1-6-12(7-2)16(5)20(17,18)14-9-13(10-15-8-3)19-11(14)4/h9,12,15H,6-8,10H2,1-5H3. The van der Waals surface area contributed by atoms with Crippen molar-refractivity contribution in [2.24, 2.45) is 0 Å². The highest BCUT2D eigenvalue weighted by molar-refractivity contribution is 7.89. The normalized spacial score (nSPS) is 12.6. The SMILES string of the molecule is CCNCc1cc(S(=O)(=O)N(C)C(CC)CC)c(C)o1. The van der Waals surface area contributed by atoms with E-state index in [4.69, 9.17) is 4.42 Å². The van der Waals surface area contributed by atoms with E-state index in [2.05, 4.69) is 5.32 Å². The van der Waals surface area contributed by atoms with Gasteiger partial charge in [-0.3, -0.25) is 0 Å². The minimum Gasteiger partial charge on any atom is -0.464 e. The summed E-state index contributed by atoms with van der Waals surface area (Å²) in [4.78, 5) is 0.278. The first-order chi connectivity index (χ1) is 9.38. The summed E-state index contributed by atoms with van der Waals surface area (Å²) in [6, 6.07) is 1.65. The summed E-state index contributed by atoms with van der Waals surface area (Å²) in [5, 5.41) is 3.13. The first-order valence-corrected chi connectivity index (χ1v) is 8.60. The minimum atomic E-state index is -3.49. The van der Waals surface area contributed by atoms with Gasteiger partial charge in [-0.15, -0.1) is 0 Å². The summed E-state index contributed by atoms with van der Waals surface area (Å²) in [5.74, 6) is 1.11. The molecule has 0 aliphatic heterocycles. The van der Waals surface area contributed by atoms with Crippen molar-refractivity contribution >= 4 is 10.0 Å². The molecule has 0 aliphatic carbocycles. The van der Waals surface area contributed by atoms with Crippen LogP contribution in [0.25, 0.3) is 0 Å². The van der Waals surface area contributed by atoms with Crippen molar-refractivity contribution in [3.63, 3.8) is 0 Å². The smallest absolute Gasteiger partial charge is 0.246 e. The molecule has 5 nitrogen and oxygen atoms in total. The van der Waals surface area contributed by atoms with Gasteiger partial charge >= 0.3 is 0 Å². The lowest BCUT2D eigenvalue weighted by Crippen LogP contribution is -2.36. The summed E-state index contributed by atoms with van der Waals surface area (Å²) in [5.41, 5.74) is 0. The van der Waals surface area contributed by atoms with Gasteiger partial charge in [0.05, 0.1) is 6.54 Å². The van der Waals surface area contributed by atoms with Crippen molar-refractivity contribution in [1.29, 1.82) is 0 Å². The monoisotopic (exact) mass is 302 g/mol. The molecule has 20 heavy (non-hydrogen) atoms. The van der Waals surface area contributed by atoms with Crippen LogP contribution in [0.5, 0.6) is 0 Å². The molecule has 0 bridgehead atoms. The number of rotatable bonds is 8. The number of sulfonamides is 1. The maximum absolute atomic E-state index is 12.6. The van der Waals surface area contributed by atoms with Crippen molar-refractivity contribution in [3.8, 4) is 0 Å². The van der Waals surface area contributed by atoms with Crippen LogP contribution in [0.15, 0.2) is 15.4 Å². The Hall–Kier alpha value is -0.850. The van der Waals surface area contributed by atoms with E-state index in [0.29, 0.717) is 18.1 Å². The van der Waals surface area contributed by atoms with Gasteiger partial charge in [0.25, 0.3) is 0 Å². The maximum atomic E-state index is 12.6. The number of hydrogen-bond donors (Lipinski definition) is 1. The molecule has 0 radical (unpaired) electrons. The van der Waals surface area contributed by atoms with E-state index >= 15 is 0 Å². The zero-order valence-electron chi connectivity index (χ0n) is 13.1. The molecule has 0 atom stereocenters. The molecule has 0 spiro atoms. The van der Waals surface area contributed by atoms with Crippen molar-refractivity contribution < 1.29 is 12.8 Å². The van der Waals surface area contributed by atoms with Gasteiger partial charge in [-0.2, -0.15) is 4.31 Å². The molecule has 1 rings (SSSR count). The average Bonchev–Trinajstić information content (AvgIpc) is 2.79. The third kappa shape index (κ3) is 3.62. The third-order valence-electron chi connectivity index (χ3n) is 3.59. The summed E-state index contributed by atoms with van der Waals surface area (Å²) >= 11 is 0. The second-order valence-electron chi connectivity index (χ2n) is 4.91. The van der Waals surface area contributed by atoms with Crippen LogP contribution in [0.4, 0.5) is 0 Å². The van der Waals surface area contributed by atoms with Crippen molar-refractivity contribution in [2.75, 3.05) is 13.6 Å². The zero-order valence-corrected chi connectivity index (χ0v) is 13.9. The Morgan fingerprint density at radius 2 is 1.90 bits per heavy atom. The molecule has 0 fully saturated rings. The Morgan fingerprint density at radius 3 is 2.40 bits per heavy atom. The molecule has 1 N–H and O–H groups in total. The van der Waals surface area contributed by atoms with Crippen molar-refractivity contribution in [1.82, 2.24) is 9.62 Å². The third-order valence-corrected chi connectivity index (χ3v) is 5.60. The fourth-order valence-corrected chi connectivity index (χ4v) is 3.96. The summed E-state index contributed by atoms with van der Waals surface area (Å²) in [7, 11) is -1.84. The zero-order chi connectivity index (χ0) is 15.3. The number of nitrogens with zero attached hydrogens (tertiary/aromatic N) is 1. The van der Waals surface area contributed by atoms with Crippen LogP contribution < -0.4 is 5.32 Å². The van der Waals surface area contributed by atoms with Gasteiger partial charge in [0.2, 0.25) is 10.0 Å². The van der Waals surface area contributed by atoms with Crippen LogP contribution in [-0.4, -0.2) is 32.4 Å². The molecular weight excluding hydrogens is 276 g/mol. The molecular formula is C14H26N2O3S. The Kier molecular flexibility index (Phi) is 6.23. The molecule has 1 aromatic heterocycles. The van der Waals surface area contributed by atoms with Crippen LogP contribution >= 0.6 is 0 Å². The predicted molar refractivity (Wildman–Crippen MR) is 80.1 cm³/mol. The maximum Gasteiger partial charge on any atom is 0.246 e. The Labute approximate surface area is 122 Å². The minimum absolute atomic E-state index is 0.0199. The van der Waals surface area contributed by atoms with Gasteiger partial charge in [-0.1, -0.05) is 20.8 Å². The first-order valence-electron chi connectivity index (χ1n) is 7.16. The van der Waals surface area contributed by atoms with E-state index in [1.165, 1.54) is 4.31 Å². The van der Waals surface area contributed by atoms with Crippen LogP contribution in [0.2, 0.25) is 0 Å². The first kappa shape index (κ1) is 17.2. The van der Waals surface area contributed by atoms with Crippen LogP contribution in [-0.2, 0) is 16.6 Å². The van der Waals surface area contributed by atoms with Crippen LogP contribution in [0, 0.1) is 6.92 Å². The largest absolute Gasteiger partial charge is 0.464 e. The van der Waals surface area contributed by atoms with E-state index in [-0.39, 0.29) is 10.9 Å². The second kappa shape index (κ2) is 7.24. The summed E-state index contributed by atoms with van der Waals surface area (Å²) in [6.45, 7) is 9.05. The number of nitrogens with one attached hydrogen (secondary N) is 1. The van der Waals surface area contributed by atoms with Crippen molar-refractivity contribution in [2.45, 2.75) is 58.0 Å². The molecule has 0 amide bonds. The lowest BCUT2D eigenvalue weighted by Gasteiger charge is -2.25. The highest BCUT2D eigenvalue weighted by Crippen LogP contribution is 2.25. The fourth-order valence-electron chi connectivity index (χ4n) is 2.27.